The minimum Gasteiger partial charge on any atom is -0.496 e. The summed E-state index contributed by atoms with van der Waals surface area (Å²) in [6.07, 6.45) is 1.83. The summed E-state index contributed by atoms with van der Waals surface area (Å²) in [6.45, 7) is 8.42. The standard InChI is InChI=1S/C25H34N6O3/c1-19-4-6-21(16-22(19)34-3)24(32)30-12-14-31(15-13-30)25(33)27-18-20-5-7-23(26-17-20)29-10-8-28(2)9-11-29/h4-7,16-17H,8-15,18H2,1-3H3,(H,27,33). The van der Waals surface area contributed by atoms with Crippen LogP contribution < -0.4 is 15.0 Å². The first-order valence-corrected chi connectivity index (χ1v) is 11.8. The third-order valence-corrected chi connectivity index (χ3v) is 6.59. The lowest BCUT2D eigenvalue weighted by molar-refractivity contribution is 0.0664. The Morgan fingerprint density at radius 1 is 0.971 bits per heavy atom. The van der Waals surface area contributed by atoms with E-state index in [1.54, 1.807) is 23.0 Å². The lowest BCUT2D eigenvalue weighted by Gasteiger charge is -2.35. The van der Waals surface area contributed by atoms with E-state index in [2.05, 4.69) is 27.1 Å². The zero-order valence-electron chi connectivity index (χ0n) is 20.3. The molecular weight excluding hydrogens is 432 g/mol. The number of piperazine rings is 2. The number of hydrogen-bond acceptors (Lipinski definition) is 6. The lowest BCUT2D eigenvalue weighted by Crippen LogP contribution is -2.53. The van der Waals surface area contributed by atoms with Gasteiger partial charge in [0.25, 0.3) is 5.91 Å². The summed E-state index contributed by atoms with van der Waals surface area (Å²) in [5.41, 5.74) is 2.56. The first-order chi connectivity index (χ1) is 16.4. The van der Waals surface area contributed by atoms with Crippen molar-refractivity contribution in [1.82, 2.24) is 25.0 Å². The molecular formula is C25H34N6O3. The van der Waals surface area contributed by atoms with Gasteiger partial charge >= 0.3 is 6.03 Å². The van der Waals surface area contributed by atoms with Crippen LogP contribution in [0.15, 0.2) is 36.5 Å². The fourth-order valence-electron chi connectivity index (χ4n) is 4.28. The third-order valence-electron chi connectivity index (χ3n) is 6.59. The molecule has 3 heterocycles. The molecule has 0 spiro atoms. The van der Waals surface area contributed by atoms with Crippen molar-refractivity contribution < 1.29 is 14.3 Å². The van der Waals surface area contributed by atoms with Gasteiger partial charge in [-0.05, 0) is 43.3 Å². The fourth-order valence-corrected chi connectivity index (χ4v) is 4.28. The number of likely N-dealkylation sites (N-methyl/N-ethyl adjacent to an activating group) is 1. The summed E-state index contributed by atoms with van der Waals surface area (Å²) in [4.78, 5) is 38.2. The van der Waals surface area contributed by atoms with E-state index < -0.39 is 0 Å². The number of aryl methyl sites for hydroxylation is 1. The molecule has 9 heteroatoms. The highest BCUT2D eigenvalue weighted by Gasteiger charge is 2.25. The molecule has 2 saturated heterocycles. The maximum Gasteiger partial charge on any atom is 0.317 e. The number of nitrogens with zero attached hydrogens (tertiary/aromatic N) is 5. The second-order valence-electron chi connectivity index (χ2n) is 8.94. The first-order valence-electron chi connectivity index (χ1n) is 11.8. The van der Waals surface area contributed by atoms with Crippen LogP contribution in [0.4, 0.5) is 10.6 Å². The Labute approximate surface area is 201 Å². The number of aromatic nitrogens is 1. The molecule has 1 aromatic heterocycles. The number of carbonyl (C=O) groups is 2. The predicted octanol–water partition coefficient (Wildman–Crippen LogP) is 1.82. The molecule has 4 rings (SSSR count). The van der Waals surface area contributed by atoms with E-state index >= 15 is 0 Å². The van der Waals surface area contributed by atoms with E-state index in [0.29, 0.717) is 44.0 Å². The quantitative estimate of drug-likeness (QED) is 0.724. The van der Waals surface area contributed by atoms with Gasteiger partial charge in [-0.1, -0.05) is 12.1 Å². The average molecular weight is 467 g/mol. The maximum absolute atomic E-state index is 12.9. The smallest absolute Gasteiger partial charge is 0.317 e. The van der Waals surface area contributed by atoms with Crippen molar-refractivity contribution in [3.8, 4) is 5.75 Å². The van der Waals surface area contributed by atoms with E-state index in [4.69, 9.17) is 4.74 Å². The number of rotatable bonds is 5. The van der Waals surface area contributed by atoms with Crippen LogP contribution >= 0.6 is 0 Å². The molecule has 2 aliphatic rings. The van der Waals surface area contributed by atoms with Gasteiger partial charge in [0.2, 0.25) is 0 Å². The molecule has 2 aliphatic heterocycles. The van der Waals surface area contributed by atoms with Crippen molar-refractivity contribution >= 4 is 17.8 Å². The number of anilines is 1. The van der Waals surface area contributed by atoms with Crippen LogP contribution in [0.2, 0.25) is 0 Å². The van der Waals surface area contributed by atoms with Crippen molar-refractivity contribution in [3.05, 3.63) is 53.2 Å². The summed E-state index contributed by atoms with van der Waals surface area (Å²) in [5, 5.41) is 2.98. The van der Waals surface area contributed by atoms with Crippen LogP contribution in [0.25, 0.3) is 0 Å². The largest absolute Gasteiger partial charge is 0.496 e. The molecule has 1 N–H and O–H groups in total. The SMILES string of the molecule is COc1cc(C(=O)N2CCN(C(=O)NCc3ccc(N4CCN(C)CC4)nc3)CC2)ccc1C. The Balaban J connectivity index is 1.23. The molecule has 3 amide bonds. The summed E-state index contributed by atoms with van der Waals surface area (Å²) in [5.74, 6) is 1.65. The van der Waals surface area contributed by atoms with Gasteiger partial charge in [0.1, 0.15) is 11.6 Å². The van der Waals surface area contributed by atoms with Gasteiger partial charge in [-0.15, -0.1) is 0 Å². The Kier molecular flexibility index (Phi) is 7.52. The van der Waals surface area contributed by atoms with Crippen LogP contribution in [0.3, 0.4) is 0 Å². The predicted molar refractivity (Wildman–Crippen MR) is 131 cm³/mol. The number of benzene rings is 1. The number of pyridine rings is 1. The van der Waals surface area contributed by atoms with E-state index in [1.165, 1.54) is 0 Å². The molecule has 182 valence electrons. The third kappa shape index (κ3) is 5.59. The minimum absolute atomic E-state index is 0.0372. The molecule has 2 aromatic rings. The zero-order valence-corrected chi connectivity index (χ0v) is 20.3. The Morgan fingerprint density at radius 3 is 2.32 bits per heavy atom. The Bertz CT molecular complexity index is 996. The Morgan fingerprint density at radius 2 is 1.68 bits per heavy atom. The fraction of sp³-hybridized carbons (Fsp3) is 0.480. The van der Waals surface area contributed by atoms with Crippen LogP contribution in [0, 0.1) is 6.92 Å². The van der Waals surface area contributed by atoms with Crippen LogP contribution in [0.5, 0.6) is 5.75 Å². The molecule has 1 aromatic carbocycles. The monoisotopic (exact) mass is 466 g/mol. The minimum atomic E-state index is -0.118. The van der Waals surface area contributed by atoms with Gasteiger partial charge in [-0.25, -0.2) is 9.78 Å². The van der Waals surface area contributed by atoms with Crippen LogP contribution in [-0.4, -0.2) is 98.1 Å². The van der Waals surface area contributed by atoms with Crippen LogP contribution in [-0.2, 0) is 6.54 Å². The van der Waals surface area contributed by atoms with E-state index in [9.17, 15) is 9.59 Å². The first kappa shape index (κ1) is 23.8. The normalized spacial score (nSPS) is 17.0. The molecule has 0 radical (unpaired) electrons. The number of hydrogen-bond donors (Lipinski definition) is 1. The van der Waals surface area contributed by atoms with Gasteiger partial charge in [0, 0.05) is 70.7 Å². The number of amides is 3. The highest BCUT2D eigenvalue weighted by atomic mass is 16.5. The van der Waals surface area contributed by atoms with E-state index in [1.807, 2.05) is 37.4 Å². The molecule has 9 nitrogen and oxygen atoms in total. The summed E-state index contributed by atoms with van der Waals surface area (Å²) >= 11 is 0. The van der Waals surface area contributed by atoms with E-state index in [-0.39, 0.29) is 11.9 Å². The highest BCUT2D eigenvalue weighted by Crippen LogP contribution is 2.20. The molecule has 34 heavy (non-hydrogen) atoms. The molecule has 0 bridgehead atoms. The van der Waals surface area contributed by atoms with E-state index in [0.717, 1.165) is 43.1 Å². The number of methoxy groups -OCH3 is 1. The average Bonchev–Trinajstić information content (AvgIpc) is 2.88. The molecule has 2 fully saturated rings. The second kappa shape index (κ2) is 10.7. The molecule has 0 aliphatic carbocycles. The number of urea groups is 1. The van der Waals surface area contributed by atoms with Gasteiger partial charge in [0.15, 0.2) is 0 Å². The number of ether oxygens (including phenoxy) is 1. The van der Waals surface area contributed by atoms with Crippen molar-refractivity contribution in [2.45, 2.75) is 13.5 Å². The molecule has 0 atom stereocenters. The van der Waals surface area contributed by atoms with Gasteiger partial charge in [-0.3, -0.25) is 4.79 Å². The Hall–Kier alpha value is -3.33. The maximum atomic E-state index is 12.9. The number of carbonyl (C=O) groups excluding carboxylic acids is 2. The second-order valence-corrected chi connectivity index (χ2v) is 8.94. The summed E-state index contributed by atoms with van der Waals surface area (Å²) in [6, 6.07) is 9.42. The van der Waals surface area contributed by atoms with Crippen LogP contribution in [0.1, 0.15) is 21.5 Å². The zero-order chi connectivity index (χ0) is 24.1. The van der Waals surface area contributed by atoms with Crippen molar-refractivity contribution in [2.24, 2.45) is 0 Å². The van der Waals surface area contributed by atoms with Gasteiger partial charge in [-0.2, -0.15) is 0 Å². The van der Waals surface area contributed by atoms with Gasteiger partial charge in [0.05, 0.1) is 7.11 Å². The van der Waals surface area contributed by atoms with Crippen molar-refractivity contribution in [3.63, 3.8) is 0 Å². The highest BCUT2D eigenvalue weighted by molar-refractivity contribution is 5.95. The summed E-state index contributed by atoms with van der Waals surface area (Å²) in [7, 11) is 3.74. The lowest BCUT2D eigenvalue weighted by atomic mass is 10.1. The van der Waals surface area contributed by atoms with Gasteiger partial charge < -0.3 is 29.7 Å². The number of nitrogens with one attached hydrogen (secondary N) is 1. The van der Waals surface area contributed by atoms with Crippen molar-refractivity contribution in [1.29, 1.82) is 0 Å². The molecule has 0 unspecified atom stereocenters. The topological polar surface area (TPSA) is 81.2 Å². The van der Waals surface area contributed by atoms with Crippen molar-refractivity contribution in [2.75, 3.05) is 71.4 Å². The molecule has 0 saturated carbocycles. The summed E-state index contributed by atoms with van der Waals surface area (Å²) < 4.78 is 5.34.